The average Bonchev–Trinajstić information content (AvgIpc) is 2.67. The molecule has 104 valence electrons. The second kappa shape index (κ2) is 3.86. The zero-order chi connectivity index (χ0) is 14.6. The molecule has 0 spiro atoms. The Labute approximate surface area is 148 Å². The summed E-state index contributed by atoms with van der Waals surface area (Å²) in [4.78, 5) is 5.50. The lowest BCUT2D eigenvalue weighted by Crippen LogP contribution is -2.58. The highest BCUT2D eigenvalue weighted by atomic mass is 35.5. The van der Waals surface area contributed by atoms with Gasteiger partial charge in [-0.1, -0.05) is 46.4 Å². The molecule has 0 aliphatic heterocycles. The van der Waals surface area contributed by atoms with E-state index < -0.39 is 25.3 Å². The quantitative estimate of drug-likeness (QED) is 0.487. The highest BCUT2D eigenvalue weighted by molar-refractivity contribution is 6.71. The van der Waals surface area contributed by atoms with Crippen LogP contribution < -0.4 is 0 Å². The Morgan fingerprint density at radius 2 is 1.26 bits per heavy atom. The fraction of sp³-hybridized carbons (Fsp3) is 0.500. The summed E-state index contributed by atoms with van der Waals surface area (Å²) in [6.07, 6.45) is -0.0253. The van der Waals surface area contributed by atoms with Crippen LogP contribution in [0.15, 0.2) is 20.1 Å². The molecule has 0 heterocycles. The van der Waals surface area contributed by atoms with Gasteiger partial charge in [0.05, 0.1) is 15.1 Å². The number of hydrogen-bond acceptors (Lipinski definition) is 1. The largest absolute Gasteiger partial charge is 0.295 e. The van der Waals surface area contributed by atoms with Crippen LogP contribution in [0.2, 0.25) is 0 Å². The highest BCUT2D eigenvalue weighted by Crippen LogP contribution is 2.78. The average molecular weight is 422 g/mol. The van der Waals surface area contributed by atoms with E-state index in [1.54, 1.807) is 0 Å². The minimum atomic E-state index is -1.91. The van der Waals surface area contributed by atoms with Gasteiger partial charge in [-0.2, -0.15) is 0 Å². The molecule has 4 atom stereocenters. The first-order chi connectivity index (χ1) is 8.51. The van der Waals surface area contributed by atoms with Crippen molar-refractivity contribution in [3.05, 3.63) is 20.1 Å². The van der Waals surface area contributed by atoms with E-state index in [-0.39, 0.29) is 26.5 Å². The minimum Gasteiger partial charge on any atom is -0.295 e. The Morgan fingerprint density at radius 3 is 1.79 bits per heavy atom. The molecule has 9 heteroatoms. The molecule has 4 unspecified atom stereocenters. The first-order valence-electron chi connectivity index (χ1n) is 4.92. The molecule has 0 amide bonds. The summed E-state index contributed by atoms with van der Waals surface area (Å²) >= 11 is 50.1. The summed E-state index contributed by atoms with van der Waals surface area (Å²) in [6, 6.07) is 0. The van der Waals surface area contributed by atoms with Crippen LogP contribution in [-0.4, -0.2) is 25.3 Å². The van der Waals surface area contributed by atoms with Crippen molar-refractivity contribution in [2.24, 2.45) is 0 Å². The van der Waals surface area contributed by atoms with Crippen molar-refractivity contribution in [2.75, 3.05) is 0 Å². The summed E-state index contributed by atoms with van der Waals surface area (Å²) in [5.41, 5.74) is 0. The van der Waals surface area contributed by atoms with Gasteiger partial charge >= 0.3 is 0 Å². The van der Waals surface area contributed by atoms with Gasteiger partial charge in [-0.05, 0) is 0 Å². The molecule has 0 saturated heterocycles. The maximum absolute atomic E-state index is 12.5. The monoisotopic (exact) mass is 418 g/mol. The summed E-state index contributed by atoms with van der Waals surface area (Å²) in [6.45, 7) is 0. The molecule has 3 rings (SSSR count). The molecule has 0 radical (unpaired) electrons. The molecule has 1 fully saturated rings. The number of rotatable bonds is 0. The predicted octanol–water partition coefficient (Wildman–Crippen LogP) is 5.28. The second-order valence-electron chi connectivity index (χ2n) is 4.63. The van der Waals surface area contributed by atoms with Crippen molar-refractivity contribution in [1.29, 1.82) is 0 Å². The van der Waals surface area contributed by atoms with Gasteiger partial charge < -0.3 is 0 Å². The topological polar surface area (TPSA) is 17.1 Å². The molecule has 0 aromatic carbocycles. The fourth-order valence-electron chi connectivity index (χ4n) is 2.96. The van der Waals surface area contributed by atoms with Crippen LogP contribution in [0.4, 0.5) is 0 Å². The van der Waals surface area contributed by atoms with E-state index in [0.717, 1.165) is 0 Å². The van der Waals surface area contributed by atoms with Crippen molar-refractivity contribution < 1.29 is 4.79 Å². The third-order valence-electron chi connectivity index (χ3n) is 3.93. The smallest absolute Gasteiger partial charge is 0.189 e. The molecular weight excluding hydrogens is 420 g/mol. The molecule has 2 bridgehead atoms. The summed E-state index contributed by atoms with van der Waals surface area (Å²) in [5, 5.41) is -0.131. The molecular formula is C10H2Cl8O. The Bertz CT molecular complexity index is 611. The maximum Gasteiger partial charge on any atom is 0.189 e. The molecule has 1 nitrogen and oxygen atoms in total. The SMILES string of the molecule is O=C1C2(Cl)C(Cl)=C(Cl)C1(Cl)C1(Cl)C(Cl)=C(Cl)CC21Cl. The summed E-state index contributed by atoms with van der Waals surface area (Å²) in [7, 11) is 0. The van der Waals surface area contributed by atoms with Crippen LogP contribution in [0.1, 0.15) is 6.42 Å². The van der Waals surface area contributed by atoms with Gasteiger partial charge in [-0.15, -0.1) is 46.4 Å². The van der Waals surface area contributed by atoms with E-state index in [4.69, 9.17) is 92.8 Å². The molecule has 0 aromatic heterocycles. The van der Waals surface area contributed by atoms with Crippen LogP contribution in [0, 0.1) is 0 Å². The van der Waals surface area contributed by atoms with Crippen molar-refractivity contribution >= 4 is 98.6 Å². The standard InChI is InChI=1S/C10H2Cl8O/c11-2-1-7(15)8(16)4(13)5(14)9(17,6(8)19)10(7,18)3(2)12/h1H2. The number of hydrogen-bond donors (Lipinski definition) is 0. The Hall–Kier alpha value is 1.47. The van der Waals surface area contributed by atoms with Crippen molar-refractivity contribution in [1.82, 2.24) is 0 Å². The first-order valence-corrected chi connectivity index (χ1v) is 7.95. The van der Waals surface area contributed by atoms with Crippen LogP contribution in [-0.2, 0) is 4.79 Å². The number of fused-ring (bicyclic) bond motifs is 5. The van der Waals surface area contributed by atoms with Gasteiger partial charge in [0.2, 0.25) is 0 Å². The van der Waals surface area contributed by atoms with Gasteiger partial charge in [0.25, 0.3) is 0 Å². The van der Waals surface area contributed by atoms with E-state index in [1.165, 1.54) is 0 Å². The number of carbonyl (C=O) groups excluding carboxylic acids is 1. The van der Waals surface area contributed by atoms with Gasteiger partial charge in [-0.3, -0.25) is 4.79 Å². The van der Waals surface area contributed by atoms with Gasteiger partial charge in [0.1, 0.15) is 9.75 Å². The van der Waals surface area contributed by atoms with Crippen LogP contribution in [0.3, 0.4) is 0 Å². The Balaban J connectivity index is 2.46. The lowest BCUT2D eigenvalue weighted by atomic mass is 9.82. The third-order valence-corrected chi connectivity index (χ3v) is 9.31. The molecule has 3 aliphatic rings. The van der Waals surface area contributed by atoms with E-state index in [2.05, 4.69) is 0 Å². The number of Topliss-reactive ketones (excluding diaryl/α,β-unsaturated/α-hetero) is 1. The minimum absolute atomic E-state index is 0.0253. The van der Waals surface area contributed by atoms with E-state index in [9.17, 15) is 4.79 Å². The normalized spacial score (nSPS) is 52.5. The van der Waals surface area contributed by atoms with Crippen molar-refractivity contribution in [3.8, 4) is 0 Å². The predicted molar refractivity (Wildman–Crippen MR) is 81.4 cm³/mol. The zero-order valence-electron chi connectivity index (χ0n) is 8.64. The molecule has 3 aliphatic carbocycles. The van der Waals surface area contributed by atoms with Crippen molar-refractivity contribution in [2.45, 2.75) is 25.9 Å². The van der Waals surface area contributed by atoms with Crippen molar-refractivity contribution in [3.63, 3.8) is 0 Å². The first kappa shape index (κ1) is 15.4. The number of halogens is 8. The van der Waals surface area contributed by atoms with E-state index in [0.29, 0.717) is 0 Å². The second-order valence-corrected chi connectivity index (χ2v) is 8.57. The summed E-state index contributed by atoms with van der Waals surface area (Å²) in [5.74, 6) is -0.675. The fourth-order valence-corrected chi connectivity index (χ4v) is 6.97. The van der Waals surface area contributed by atoms with Gasteiger partial charge in [0, 0.05) is 11.5 Å². The molecule has 0 N–H and O–H groups in total. The number of allylic oxidation sites excluding steroid dienone is 4. The number of alkyl halides is 4. The molecule has 0 aromatic rings. The van der Waals surface area contributed by atoms with Crippen LogP contribution in [0.25, 0.3) is 0 Å². The lowest BCUT2D eigenvalue weighted by Gasteiger charge is -2.44. The molecule has 1 saturated carbocycles. The Kier molecular flexibility index (Phi) is 3.12. The third kappa shape index (κ3) is 1.16. The summed E-state index contributed by atoms with van der Waals surface area (Å²) < 4.78 is 0. The Morgan fingerprint density at radius 1 is 0.789 bits per heavy atom. The maximum atomic E-state index is 12.5. The zero-order valence-corrected chi connectivity index (χ0v) is 14.7. The van der Waals surface area contributed by atoms with Crippen LogP contribution in [0.5, 0.6) is 0 Å². The van der Waals surface area contributed by atoms with E-state index in [1.807, 2.05) is 0 Å². The lowest BCUT2D eigenvalue weighted by molar-refractivity contribution is -0.119. The number of carbonyl (C=O) groups is 1. The van der Waals surface area contributed by atoms with Gasteiger partial charge in [-0.25, -0.2) is 0 Å². The number of ketones is 1. The van der Waals surface area contributed by atoms with E-state index >= 15 is 0 Å². The van der Waals surface area contributed by atoms with Crippen LogP contribution >= 0.6 is 92.8 Å². The van der Waals surface area contributed by atoms with Gasteiger partial charge in [0.15, 0.2) is 15.5 Å². The highest BCUT2D eigenvalue weighted by Gasteiger charge is 2.90. The molecule has 19 heavy (non-hydrogen) atoms.